The highest BCUT2D eigenvalue weighted by atomic mass is 32.1. The van der Waals surface area contributed by atoms with Crippen molar-refractivity contribution in [2.75, 3.05) is 10.6 Å². The molecule has 0 radical (unpaired) electrons. The van der Waals surface area contributed by atoms with E-state index in [9.17, 15) is 9.59 Å². The molecule has 1 aromatic heterocycles. The number of aryl methyl sites for hydroxylation is 1. The molecule has 3 aromatic rings. The molecular weight excluding hydrogens is 446 g/mol. The molecule has 1 fully saturated rings. The zero-order valence-electron chi connectivity index (χ0n) is 19.3. The molecule has 4 rings (SSSR count). The van der Waals surface area contributed by atoms with Crippen LogP contribution in [0.25, 0.3) is 0 Å². The Bertz CT molecular complexity index is 1100. The molecule has 0 bridgehead atoms. The van der Waals surface area contributed by atoms with Crippen LogP contribution in [0, 0.1) is 5.92 Å². The fourth-order valence-corrected chi connectivity index (χ4v) is 5.22. The number of carboxylic acids is 1. The number of carbonyl (C=O) groups is 2. The molecule has 1 amide bonds. The van der Waals surface area contributed by atoms with E-state index in [1.165, 1.54) is 61.0 Å². The number of thiazole rings is 1. The number of benzene rings is 2. The number of nitrogens with zero attached hydrogens (tertiary/aromatic N) is 1. The number of amides is 1. The minimum absolute atomic E-state index is 0.156. The van der Waals surface area contributed by atoms with Gasteiger partial charge in [-0.3, -0.25) is 14.9 Å². The van der Waals surface area contributed by atoms with Gasteiger partial charge in [-0.2, -0.15) is 0 Å². The zero-order valence-corrected chi connectivity index (χ0v) is 20.1. The number of anilines is 2. The van der Waals surface area contributed by atoms with E-state index in [1.54, 1.807) is 17.5 Å². The minimum Gasteiger partial charge on any atom is -0.481 e. The van der Waals surface area contributed by atoms with Crippen LogP contribution in [0.5, 0.6) is 0 Å². The Labute approximate surface area is 204 Å². The Morgan fingerprint density at radius 1 is 1.00 bits per heavy atom. The van der Waals surface area contributed by atoms with Crippen LogP contribution in [0.4, 0.5) is 10.8 Å². The zero-order chi connectivity index (χ0) is 23.8. The van der Waals surface area contributed by atoms with E-state index >= 15 is 0 Å². The number of nitrogens with one attached hydrogen (secondary N) is 2. The topological polar surface area (TPSA) is 91.3 Å². The lowest BCUT2D eigenvalue weighted by Crippen LogP contribution is -2.12. The molecule has 0 unspecified atom stereocenters. The summed E-state index contributed by atoms with van der Waals surface area (Å²) in [5, 5.41) is 17.1. The second-order valence-corrected chi connectivity index (χ2v) is 9.77. The molecule has 1 aliphatic rings. The fraction of sp³-hybridized carbons (Fsp3) is 0.370. The molecule has 7 heteroatoms. The van der Waals surface area contributed by atoms with Crippen molar-refractivity contribution >= 4 is 34.0 Å². The predicted molar refractivity (Wildman–Crippen MR) is 137 cm³/mol. The van der Waals surface area contributed by atoms with Gasteiger partial charge in [0, 0.05) is 23.2 Å². The standard InChI is InChI=1S/C27H31N3O3S/c31-25(32)16-24-18-34-27(29-24)30-26(33)21-12-14-23(15-13-21)28-17-22-9-5-4-8-20(22)11-10-19-6-2-1-3-7-19/h4-5,8-9,12-15,18-19,28H,1-3,6-7,10-11,16-17H2,(H,31,32)(H,29,30,33). The predicted octanol–water partition coefficient (Wildman–Crippen LogP) is 6.15. The van der Waals surface area contributed by atoms with E-state index in [4.69, 9.17) is 5.11 Å². The maximum atomic E-state index is 12.5. The van der Waals surface area contributed by atoms with E-state index in [-0.39, 0.29) is 12.3 Å². The molecule has 0 spiro atoms. The molecule has 0 atom stereocenters. The fourth-order valence-electron chi connectivity index (χ4n) is 4.52. The van der Waals surface area contributed by atoms with Crippen LogP contribution in [-0.2, 0) is 24.2 Å². The summed E-state index contributed by atoms with van der Waals surface area (Å²) in [7, 11) is 0. The van der Waals surface area contributed by atoms with Crippen molar-refractivity contribution < 1.29 is 14.7 Å². The third-order valence-corrected chi connectivity index (χ3v) is 7.21. The summed E-state index contributed by atoms with van der Waals surface area (Å²) in [6.45, 7) is 0.748. The van der Waals surface area contributed by atoms with Crippen molar-refractivity contribution in [2.24, 2.45) is 5.92 Å². The lowest BCUT2D eigenvalue weighted by atomic mass is 9.85. The smallest absolute Gasteiger partial charge is 0.309 e. The number of carbonyl (C=O) groups excluding carboxylic acids is 1. The average Bonchev–Trinajstić information content (AvgIpc) is 3.28. The monoisotopic (exact) mass is 477 g/mol. The first-order valence-corrected chi connectivity index (χ1v) is 12.8. The van der Waals surface area contributed by atoms with E-state index < -0.39 is 5.97 Å². The summed E-state index contributed by atoms with van der Waals surface area (Å²) < 4.78 is 0. The number of carboxylic acid groups (broad SMARTS) is 1. The highest BCUT2D eigenvalue weighted by Gasteiger charge is 2.14. The number of rotatable bonds is 10. The van der Waals surface area contributed by atoms with Crippen molar-refractivity contribution in [3.8, 4) is 0 Å². The van der Waals surface area contributed by atoms with Gasteiger partial charge in [-0.25, -0.2) is 4.98 Å². The van der Waals surface area contributed by atoms with Crippen molar-refractivity contribution in [2.45, 2.75) is 57.9 Å². The summed E-state index contributed by atoms with van der Waals surface area (Å²) >= 11 is 1.22. The van der Waals surface area contributed by atoms with Crippen molar-refractivity contribution in [3.05, 3.63) is 76.3 Å². The van der Waals surface area contributed by atoms with Gasteiger partial charge in [-0.05, 0) is 54.2 Å². The lowest BCUT2D eigenvalue weighted by Gasteiger charge is -2.22. The third kappa shape index (κ3) is 6.90. The molecular formula is C27H31N3O3S. The highest BCUT2D eigenvalue weighted by molar-refractivity contribution is 7.14. The summed E-state index contributed by atoms with van der Waals surface area (Å²) in [6, 6.07) is 16.0. The van der Waals surface area contributed by atoms with Crippen LogP contribution in [0.2, 0.25) is 0 Å². The second-order valence-electron chi connectivity index (χ2n) is 8.91. The quantitative estimate of drug-likeness (QED) is 0.326. The molecule has 6 nitrogen and oxygen atoms in total. The average molecular weight is 478 g/mol. The Kier molecular flexibility index (Phi) is 8.31. The molecule has 1 aliphatic carbocycles. The SMILES string of the molecule is O=C(O)Cc1csc(NC(=O)c2ccc(NCc3ccccc3CCC3CCCCC3)cc2)n1. The number of aromatic nitrogens is 1. The van der Waals surface area contributed by atoms with Gasteiger partial charge in [0.2, 0.25) is 0 Å². The van der Waals surface area contributed by atoms with E-state index in [0.29, 0.717) is 16.4 Å². The van der Waals surface area contributed by atoms with E-state index in [1.807, 2.05) is 12.1 Å². The Morgan fingerprint density at radius 3 is 2.47 bits per heavy atom. The maximum Gasteiger partial charge on any atom is 0.309 e. The Morgan fingerprint density at radius 2 is 1.74 bits per heavy atom. The van der Waals surface area contributed by atoms with Crippen molar-refractivity contribution in [1.82, 2.24) is 4.98 Å². The Hall–Kier alpha value is -3.19. The molecule has 2 aromatic carbocycles. The summed E-state index contributed by atoms with van der Waals surface area (Å²) in [6.07, 6.45) is 9.19. The van der Waals surface area contributed by atoms with Gasteiger partial charge >= 0.3 is 5.97 Å². The van der Waals surface area contributed by atoms with Crippen LogP contribution < -0.4 is 10.6 Å². The molecule has 0 saturated heterocycles. The van der Waals surface area contributed by atoms with Gasteiger partial charge in [0.15, 0.2) is 5.13 Å². The normalized spacial score (nSPS) is 14.0. The molecule has 178 valence electrons. The summed E-state index contributed by atoms with van der Waals surface area (Å²) in [5.41, 5.74) is 4.65. The number of aliphatic carboxylic acids is 1. The summed E-state index contributed by atoms with van der Waals surface area (Å²) in [4.78, 5) is 27.4. The first-order chi connectivity index (χ1) is 16.6. The van der Waals surface area contributed by atoms with Crippen LogP contribution in [0.1, 0.15) is 65.7 Å². The van der Waals surface area contributed by atoms with Gasteiger partial charge in [0.1, 0.15) is 0 Å². The van der Waals surface area contributed by atoms with Crippen LogP contribution in [-0.4, -0.2) is 22.0 Å². The summed E-state index contributed by atoms with van der Waals surface area (Å²) in [5.74, 6) is -0.337. The molecule has 3 N–H and O–H groups in total. The first-order valence-electron chi connectivity index (χ1n) is 11.9. The van der Waals surface area contributed by atoms with Gasteiger partial charge in [-0.1, -0.05) is 56.4 Å². The largest absolute Gasteiger partial charge is 0.481 e. The highest BCUT2D eigenvalue weighted by Crippen LogP contribution is 2.28. The molecule has 1 saturated carbocycles. The Balaban J connectivity index is 1.29. The van der Waals surface area contributed by atoms with Gasteiger partial charge in [0.25, 0.3) is 5.91 Å². The first kappa shape index (κ1) is 24.0. The maximum absolute atomic E-state index is 12.5. The van der Waals surface area contributed by atoms with Crippen LogP contribution >= 0.6 is 11.3 Å². The minimum atomic E-state index is -0.946. The van der Waals surface area contributed by atoms with Gasteiger partial charge in [-0.15, -0.1) is 11.3 Å². The van der Waals surface area contributed by atoms with Crippen LogP contribution in [0.3, 0.4) is 0 Å². The third-order valence-electron chi connectivity index (χ3n) is 6.40. The van der Waals surface area contributed by atoms with Crippen LogP contribution in [0.15, 0.2) is 53.9 Å². The lowest BCUT2D eigenvalue weighted by molar-refractivity contribution is -0.136. The molecule has 0 aliphatic heterocycles. The van der Waals surface area contributed by atoms with E-state index in [2.05, 4.69) is 39.9 Å². The van der Waals surface area contributed by atoms with E-state index in [0.717, 1.165) is 24.6 Å². The number of hydrogen-bond acceptors (Lipinski definition) is 5. The second kappa shape index (κ2) is 11.8. The molecule has 1 heterocycles. The van der Waals surface area contributed by atoms with Crippen molar-refractivity contribution in [3.63, 3.8) is 0 Å². The van der Waals surface area contributed by atoms with Crippen molar-refractivity contribution in [1.29, 1.82) is 0 Å². The van der Waals surface area contributed by atoms with Gasteiger partial charge in [0.05, 0.1) is 12.1 Å². The van der Waals surface area contributed by atoms with Gasteiger partial charge < -0.3 is 10.4 Å². The number of hydrogen-bond donors (Lipinski definition) is 3. The molecule has 34 heavy (non-hydrogen) atoms.